The molecule has 5 rings (SSSR count). The minimum absolute atomic E-state index is 0.0258. The van der Waals surface area contributed by atoms with E-state index in [-0.39, 0.29) is 26.4 Å². The second-order valence-corrected chi connectivity index (χ2v) is 13.5. The summed E-state index contributed by atoms with van der Waals surface area (Å²) in [5.41, 5.74) is 2.63. The lowest BCUT2D eigenvalue weighted by molar-refractivity contribution is -0.368. The third-order valence-electron chi connectivity index (χ3n) is 9.03. The van der Waals surface area contributed by atoms with Gasteiger partial charge in [0.1, 0.15) is 37.1 Å². The Morgan fingerprint density at radius 3 is 1.46 bits per heavy atom. The molecule has 0 bridgehead atoms. The van der Waals surface area contributed by atoms with Gasteiger partial charge >= 0.3 is 23.9 Å². The Morgan fingerprint density at radius 1 is 0.491 bits per heavy atom. The van der Waals surface area contributed by atoms with Crippen LogP contribution in [0.1, 0.15) is 44.4 Å². The van der Waals surface area contributed by atoms with Crippen LogP contribution < -0.4 is 0 Å². The summed E-state index contributed by atoms with van der Waals surface area (Å²) in [5.74, 6) is -2.98. The lowest BCUT2D eigenvalue weighted by atomic mass is 9.95. The van der Waals surface area contributed by atoms with Crippen molar-refractivity contribution in [2.45, 2.75) is 109 Å². The molecule has 2 aliphatic rings. The highest BCUT2D eigenvalue weighted by Crippen LogP contribution is 2.36. The lowest BCUT2D eigenvalue weighted by Crippen LogP contribution is -2.67. The van der Waals surface area contributed by atoms with Crippen molar-refractivity contribution in [2.24, 2.45) is 0 Å². The van der Waals surface area contributed by atoms with Crippen LogP contribution in [0, 0.1) is 0 Å². The third-order valence-corrected chi connectivity index (χ3v) is 9.03. The second kappa shape index (κ2) is 21.7. The molecule has 0 aromatic heterocycles. The van der Waals surface area contributed by atoms with E-state index in [1.807, 2.05) is 91.0 Å². The molecule has 15 nitrogen and oxygen atoms in total. The average molecular weight is 795 g/mol. The van der Waals surface area contributed by atoms with Gasteiger partial charge in [0, 0.05) is 34.8 Å². The monoisotopic (exact) mass is 794 g/mol. The molecule has 3 aromatic carbocycles. The van der Waals surface area contributed by atoms with E-state index in [1.165, 1.54) is 14.0 Å². The smallest absolute Gasteiger partial charge is 0.303 e. The molecule has 6 unspecified atom stereocenters. The zero-order valence-electron chi connectivity index (χ0n) is 32.6. The number of ether oxygens (including phenoxy) is 11. The maximum absolute atomic E-state index is 12.7. The Labute approximate surface area is 331 Å². The summed E-state index contributed by atoms with van der Waals surface area (Å²) in [5, 5.41) is 0. The van der Waals surface area contributed by atoms with E-state index in [2.05, 4.69) is 0 Å². The molecule has 0 aliphatic carbocycles. The van der Waals surface area contributed by atoms with Crippen molar-refractivity contribution in [3.63, 3.8) is 0 Å². The molecule has 308 valence electrons. The molecule has 2 heterocycles. The zero-order chi connectivity index (χ0) is 40.7. The van der Waals surface area contributed by atoms with Crippen molar-refractivity contribution < 1.29 is 71.3 Å². The topological polar surface area (TPSA) is 170 Å². The number of hydrogen-bond donors (Lipinski definition) is 0. The van der Waals surface area contributed by atoms with E-state index in [4.69, 9.17) is 52.1 Å². The fourth-order valence-corrected chi connectivity index (χ4v) is 6.59. The van der Waals surface area contributed by atoms with E-state index in [0.29, 0.717) is 0 Å². The van der Waals surface area contributed by atoms with Gasteiger partial charge in [-0.3, -0.25) is 19.2 Å². The summed E-state index contributed by atoms with van der Waals surface area (Å²) in [6.45, 7) is 4.71. The minimum Gasteiger partial charge on any atom is -0.463 e. The van der Waals surface area contributed by atoms with E-state index in [9.17, 15) is 19.2 Å². The van der Waals surface area contributed by atoms with Gasteiger partial charge in [-0.25, -0.2) is 0 Å². The zero-order valence-corrected chi connectivity index (χ0v) is 32.6. The van der Waals surface area contributed by atoms with Gasteiger partial charge in [0.2, 0.25) is 0 Å². The summed E-state index contributed by atoms with van der Waals surface area (Å²) >= 11 is 0. The number of methoxy groups -OCH3 is 1. The van der Waals surface area contributed by atoms with Crippen LogP contribution in [0.5, 0.6) is 0 Å². The second-order valence-electron chi connectivity index (χ2n) is 13.5. The fraction of sp³-hybridized carbons (Fsp3) is 0.476. The van der Waals surface area contributed by atoms with E-state index in [1.54, 1.807) is 0 Å². The van der Waals surface area contributed by atoms with Crippen LogP contribution in [0.15, 0.2) is 91.0 Å². The first-order valence-corrected chi connectivity index (χ1v) is 18.6. The highest BCUT2D eigenvalue weighted by Gasteiger charge is 2.56. The van der Waals surface area contributed by atoms with Gasteiger partial charge < -0.3 is 52.1 Å². The Morgan fingerprint density at radius 2 is 0.947 bits per heavy atom. The van der Waals surface area contributed by atoms with Crippen molar-refractivity contribution in [3.05, 3.63) is 108 Å². The van der Waals surface area contributed by atoms with Crippen molar-refractivity contribution in [2.75, 3.05) is 20.3 Å². The number of benzene rings is 3. The highest BCUT2D eigenvalue weighted by molar-refractivity contribution is 5.68. The molecule has 2 fully saturated rings. The van der Waals surface area contributed by atoms with Crippen LogP contribution in [0.2, 0.25) is 0 Å². The summed E-state index contributed by atoms with van der Waals surface area (Å²) < 4.78 is 67.2. The van der Waals surface area contributed by atoms with Crippen LogP contribution in [0.3, 0.4) is 0 Å². The number of hydrogen-bond acceptors (Lipinski definition) is 15. The van der Waals surface area contributed by atoms with Crippen molar-refractivity contribution in [1.82, 2.24) is 0 Å². The van der Waals surface area contributed by atoms with Crippen LogP contribution >= 0.6 is 0 Å². The normalized spacial score (nSPS) is 27.2. The van der Waals surface area contributed by atoms with Gasteiger partial charge in [0.25, 0.3) is 0 Å². The van der Waals surface area contributed by atoms with Crippen LogP contribution in [-0.2, 0) is 91.1 Å². The van der Waals surface area contributed by atoms with Crippen LogP contribution in [0.4, 0.5) is 0 Å². The van der Waals surface area contributed by atoms with E-state index in [0.717, 1.165) is 37.5 Å². The molecule has 0 spiro atoms. The maximum atomic E-state index is 12.7. The molecule has 15 heteroatoms. The molecule has 2 saturated heterocycles. The molecular formula is C42H50O15. The van der Waals surface area contributed by atoms with Gasteiger partial charge in [-0.05, 0) is 16.7 Å². The molecule has 57 heavy (non-hydrogen) atoms. The van der Waals surface area contributed by atoms with E-state index >= 15 is 0 Å². The van der Waals surface area contributed by atoms with Crippen molar-refractivity contribution in [1.29, 1.82) is 0 Å². The predicted molar refractivity (Wildman–Crippen MR) is 199 cm³/mol. The molecule has 2 aliphatic heterocycles. The fourth-order valence-electron chi connectivity index (χ4n) is 6.59. The SMILES string of the molecule is CO[C@H]1OC(COCc2ccccc2)[C@@H](OCc2ccccc2)C(O[C@@H]2OC(COC(C)=O)[C@@H](OC(C)=O)C(OC(C)=O)C2OC(C)=O)C1OCc1ccccc1. The van der Waals surface area contributed by atoms with Gasteiger partial charge in [0.05, 0.1) is 26.4 Å². The average Bonchev–Trinajstić information content (AvgIpc) is 3.19. The van der Waals surface area contributed by atoms with Crippen LogP contribution in [-0.4, -0.2) is 106 Å². The Balaban J connectivity index is 1.56. The molecular weight excluding hydrogens is 744 g/mol. The molecule has 10 atom stereocenters. The lowest BCUT2D eigenvalue weighted by Gasteiger charge is -2.49. The molecule has 0 amide bonds. The molecule has 0 radical (unpaired) electrons. The first-order valence-electron chi connectivity index (χ1n) is 18.6. The summed E-state index contributed by atoms with van der Waals surface area (Å²) in [7, 11) is 1.46. The Bertz CT molecular complexity index is 1710. The Kier molecular flexibility index (Phi) is 16.5. The first kappa shape index (κ1) is 43.4. The number of rotatable bonds is 18. The van der Waals surface area contributed by atoms with Gasteiger partial charge in [-0.15, -0.1) is 0 Å². The van der Waals surface area contributed by atoms with Crippen molar-refractivity contribution in [3.8, 4) is 0 Å². The Hall–Kier alpha value is -4.74. The third kappa shape index (κ3) is 12.9. The van der Waals surface area contributed by atoms with E-state index < -0.39 is 91.9 Å². The number of carbonyl (C=O) groups is 4. The molecule has 3 aromatic rings. The van der Waals surface area contributed by atoms with Gasteiger partial charge in [0.15, 0.2) is 30.9 Å². The van der Waals surface area contributed by atoms with Gasteiger partial charge in [-0.2, -0.15) is 0 Å². The highest BCUT2D eigenvalue weighted by atomic mass is 16.8. The number of carbonyl (C=O) groups excluding carboxylic acids is 4. The summed E-state index contributed by atoms with van der Waals surface area (Å²) in [4.78, 5) is 49.6. The van der Waals surface area contributed by atoms with Gasteiger partial charge in [-0.1, -0.05) is 91.0 Å². The number of esters is 4. The first-order chi connectivity index (χ1) is 27.5. The largest absolute Gasteiger partial charge is 0.463 e. The summed E-state index contributed by atoms with van der Waals surface area (Å²) in [6, 6.07) is 28.5. The molecule has 0 N–H and O–H groups in total. The summed E-state index contributed by atoms with van der Waals surface area (Å²) in [6.07, 6.45) is -12.1. The minimum atomic E-state index is -1.55. The standard InChI is InChI=1S/C42H50O15/c1-26(43)49-25-34-36(52-27(2)44)38(53-28(3)45)40(54-29(4)46)42(56-34)57-37-35(50-22-31-17-11-7-12-18-31)33(24-48-21-30-15-9-6-10-16-30)55-41(47-5)39(37)51-23-32-19-13-8-14-20-32/h6-20,33-42H,21-25H2,1-5H3/t33?,34?,35-,36-,37?,38?,39?,40?,41+,42+/m1/s1. The molecule has 0 saturated carbocycles. The quantitative estimate of drug-likeness (QED) is 0.132. The van der Waals surface area contributed by atoms with Crippen molar-refractivity contribution >= 4 is 23.9 Å². The predicted octanol–water partition coefficient (Wildman–Crippen LogP) is 4.21. The maximum Gasteiger partial charge on any atom is 0.303 e. The van der Waals surface area contributed by atoms with Crippen LogP contribution in [0.25, 0.3) is 0 Å².